The van der Waals surface area contributed by atoms with Gasteiger partial charge in [-0.05, 0) is 49.6 Å². The lowest BCUT2D eigenvalue weighted by molar-refractivity contribution is -0.124. The number of benzene rings is 2. The summed E-state index contributed by atoms with van der Waals surface area (Å²) in [5.41, 5.74) is 4.27. The van der Waals surface area contributed by atoms with Crippen LogP contribution < -0.4 is 5.43 Å². The van der Waals surface area contributed by atoms with E-state index in [0.29, 0.717) is 19.4 Å². The van der Waals surface area contributed by atoms with Crippen molar-refractivity contribution in [3.8, 4) is 0 Å². The molecule has 0 radical (unpaired) electrons. The van der Waals surface area contributed by atoms with Crippen LogP contribution in [-0.4, -0.2) is 37.4 Å². The zero-order valence-electron chi connectivity index (χ0n) is 14.8. The summed E-state index contributed by atoms with van der Waals surface area (Å²) in [5.74, 6) is -0.420. The van der Waals surface area contributed by atoms with Crippen molar-refractivity contribution < 1.29 is 13.2 Å². The number of rotatable bonds is 5. The first-order valence-electron chi connectivity index (χ1n) is 8.55. The third-order valence-electron chi connectivity index (χ3n) is 4.39. The van der Waals surface area contributed by atoms with Crippen LogP contribution in [0.4, 0.5) is 0 Å². The molecule has 6 nitrogen and oxygen atoms in total. The quantitative estimate of drug-likeness (QED) is 0.562. The molecule has 1 atom stereocenters. The molecule has 27 heavy (non-hydrogen) atoms. The first-order chi connectivity index (χ1) is 12.9. The van der Waals surface area contributed by atoms with Gasteiger partial charge in [-0.3, -0.25) is 4.79 Å². The molecule has 8 heteroatoms. The molecule has 1 unspecified atom stereocenters. The van der Waals surface area contributed by atoms with Gasteiger partial charge < -0.3 is 0 Å². The maximum Gasteiger partial charge on any atom is 0.258 e. The number of amides is 1. The topological polar surface area (TPSA) is 78.8 Å². The smallest absolute Gasteiger partial charge is 0.258 e. The zero-order chi connectivity index (χ0) is 19.4. The fraction of sp³-hybridized carbons (Fsp3) is 0.263. The minimum atomic E-state index is -3.72. The summed E-state index contributed by atoms with van der Waals surface area (Å²) >= 11 is 3.35. The van der Waals surface area contributed by atoms with Crippen LogP contribution in [0.3, 0.4) is 0 Å². The summed E-state index contributed by atoms with van der Waals surface area (Å²) in [6.07, 6.45) is 2.64. The highest BCUT2D eigenvalue weighted by molar-refractivity contribution is 9.10. The van der Waals surface area contributed by atoms with Crippen LogP contribution in [0.5, 0.6) is 0 Å². The van der Waals surface area contributed by atoms with Gasteiger partial charge in [-0.15, -0.1) is 0 Å². The molecule has 1 amide bonds. The molecule has 1 fully saturated rings. The minimum absolute atomic E-state index is 0.200. The molecule has 0 saturated carbocycles. The molecule has 0 aliphatic carbocycles. The molecule has 1 saturated heterocycles. The maximum absolute atomic E-state index is 12.9. The first-order valence-corrected chi connectivity index (χ1v) is 10.8. The van der Waals surface area contributed by atoms with Crippen LogP contribution in [-0.2, 0) is 14.8 Å². The van der Waals surface area contributed by atoms with E-state index in [-0.39, 0.29) is 4.90 Å². The van der Waals surface area contributed by atoms with Crippen molar-refractivity contribution >= 4 is 38.1 Å². The molecule has 2 aromatic carbocycles. The number of halogens is 1. The number of hydrogen-bond donors (Lipinski definition) is 1. The second-order valence-electron chi connectivity index (χ2n) is 6.37. The summed E-state index contributed by atoms with van der Waals surface area (Å²) in [5, 5.41) is 3.96. The number of hydrazone groups is 1. The van der Waals surface area contributed by atoms with Gasteiger partial charge in [0.15, 0.2) is 0 Å². The van der Waals surface area contributed by atoms with Gasteiger partial charge in [-0.25, -0.2) is 13.8 Å². The lowest BCUT2D eigenvalue weighted by atomic mass is 10.2. The van der Waals surface area contributed by atoms with Gasteiger partial charge in [-0.1, -0.05) is 45.8 Å². The lowest BCUT2D eigenvalue weighted by Crippen LogP contribution is -2.44. The van der Waals surface area contributed by atoms with Crippen LogP contribution >= 0.6 is 15.9 Å². The van der Waals surface area contributed by atoms with E-state index < -0.39 is 22.0 Å². The van der Waals surface area contributed by atoms with E-state index in [4.69, 9.17) is 0 Å². The molecule has 2 aromatic rings. The van der Waals surface area contributed by atoms with Crippen molar-refractivity contribution in [3.63, 3.8) is 0 Å². The fourth-order valence-corrected chi connectivity index (χ4v) is 4.85. The van der Waals surface area contributed by atoms with Crippen LogP contribution in [0, 0.1) is 6.92 Å². The van der Waals surface area contributed by atoms with Crippen molar-refractivity contribution in [1.29, 1.82) is 0 Å². The Morgan fingerprint density at radius 3 is 2.52 bits per heavy atom. The Balaban J connectivity index is 1.70. The Morgan fingerprint density at radius 1 is 1.19 bits per heavy atom. The highest BCUT2D eigenvalue weighted by atomic mass is 79.9. The van der Waals surface area contributed by atoms with E-state index in [1.807, 2.05) is 31.2 Å². The minimum Gasteiger partial charge on any atom is -0.271 e. The second kappa shape index (κ2) is 8.33. The second-order valence-corrected chi connectivity index (χ2v) is 9.18. The van der Waals surface area contributed by atoms with Crippen molar-refractivity contribution in [1.82, 2.24) is 9.73 Å². The Hall–Kier alpha value is -2.03. The SMILES string of the molecule is Cc1ccc(S(=O)(=O)N2CCCC2C(=O)NN=Cc2ccc(Br)cc2)cc1. The van der Waals surface area contributed by atoms with E-state index in [1.165, 1.54) is 10.5 Å². The Kier molecular flexibility index (Phi) is 6.08. The summed E-state index contributed by atoms with van der Waals surface area (Å²) in [6, 6.07) is 13.3. The van der Waals surface area contributed by atoms with E-state index in [0.717, 1.165) is 15.6 Å². The number of nitrogens with one attached hydrogen (secondary N) is 1. The van der Waals surface area contributed by atoms with E-state index in [1.54, 1.807) is 24.3 Å². The maximum atomic E-state index is 12.9. The van der Waals surface area contributed by atoms with Gasteiger partial charge in [0.2, 0.25) is 10.0 Å². The standard InChI is InChI=1S/C19H20BrN3O3S/c1-14-4-10-17(11-5-14)27(25,26)23-12-2-3-18(23)19(24)22-21-13-15-6-8-16(20)9-7-15/h4-11,13,18H,2-3,12H2,1H3,(H,22,24). The zero-order valence-corrected chi connectivity index (χ0v) is 17.2. The fourth-order valence-electron chi connectivity index (χ4n) is 2.93. The molecule has 0 bridgehead atoms. The summed E-state index contributed by atoms with van der Waals surface area (Å²) < 4.78 is 28.0. The highest BCUT2D eigenvalue weighted by Gasteiger charge is 2.39. The molecule has 1 aliphatic heterocycles. The monoisotopic (exact) mass is 449 g/mol. The molecule has 0 aromatic heterocycles. The van der Waals surface area contributed by atoms with Crippen LogP contribution in [0.1, 0.15) is 24.0 Å². The number of carbonyl (C=O) groups is 1. The molecule has 1 aliphatic rings. The van der Waals surface area contributed by atoms with Crippen molar-refractivity contribution in [3.05, 3.63) is 64.1 Å². The molecule has 0 spiro atoms. The van der Waals surface area contributed by atoms with E-state index in [2.05, 4.69) is 26.5 Å². The summed E-state index contributed by atoms with van der Waals surface area (Å²) in [7, 11) is -3.72. The van der Waals surface area contributed by atoms with Gasteiger partial charge in [0.05, 0.1) is 11.1 Å². The van der Waals surface area contributed by atoms with Crippen LogP contribution in [0.2, 0.25) is 0 Å². The lowest BCUT2D eigenvalue weighted by Gasteiger charge is -2.22. The third-order valence-corrected chi connectivity index (χ3v) is 6.84. The predicted molar refractivity (Wildman–Crippen MR) is 108 cm³/mol. The molecule has 142 valence electrons. The van der Waals surface area contributed by atoms with Gasteiger partial charge in [0, 0.05) is 11.0 Å². The van der Waals surface area contributed by atoms with Gasteiger partial charge >= 0.3 is 0 Å². The summed E-state index contributed by atoms with van der Waals surface area (Å²) in [6.45, 7) is 2.22. The Labute approximate surface area is 167 Å². The first kappa shape index (κ1) is 19.7. The highest BCUT2D eigenvalue weighted by Crippen LogP contribution is 2.26. The normalized spacial score (nSPS) is 18.1. The van der Waals surface area contributed by atoms with Crippen LogP contribution in [0.15, 0.2) is 63.0 Å². The number of hydrogen-bond acceptors (Lipinski definition) is 4. The molecule has 1 N–H and O–H groups in total. The van der Waals surface area contributed by atoms with Gasteiger partial charge in [0.25, 0.3) is 5.91 Å². The van der Waals surface area contributed by atoms with E-state index >= 15 is 0 Å². The average molecular weight is 450 g/mol. The largest absolute Gasteiger partial charge is 0.271 e. The average Bonchev–Trinajstić information content (AvgIpc) is 3.14. The number of carbonyl (C=O) groups excluding carboxylic acids is 1. The Morgan fingerprint density at radius 2 is 1.85 bits per heavy atom. The van der Waals surface area contributed by atoms with Crippen molar-refractivity contribution in [2.75, 3.05) is 6.54 Å². The predicted octanol–water partition coefficient (Wildman–Crippen LogP) is 3.06. The summed E-state index contributed by atoms with van der Waals surface area (Å²) in [4.78, 5) is 12.7. The van der Waals surface area contributed by atoms with E-state index in [9.17, 15) is 13.2 Å². The number of aryl methyl sites for hydroxylation is 1. The molecular formula is C19H20BrN3O3S. The molecule has 3 rings (SSSR count). The molecule has 1 heterocycles. The van der Waals surface area contributed by atoms with Gasteiger partial charge in [0.1, 0.15) is 6.04 Å². The number of nitrogens with zero attached hydrogens (tertiary/aromatic N) is 2. The van der Waals surface area contributed by atoms with Crippen LogP contribution in [0.25, 0.3) is 0 Å². The molecular weight excluding hydrogens is 430 g/mol. The van der Waals surface area contributed by atoms with Crippen molar-refractivity contribution in [2.24, 2.45) is 5.10 Å². The Bertz CT molecular complexity index is 941. The van der Waals surface area contributed by atoms with Crippen molar-refractivity contribution in [2.45, 2.75) is 30.7 Å². The third kappa shape index (κ3) is 4.63. The van der Waals surface area contributed by atoms with Gasteiger partial charge in [-0.2, -0.15) is 9.41 Å². The number of sulfonamides is 1.